The molecule has 0 aliphatic carbocycles. The van der Waals surface area contributed by atoms with Crippen LogP contribution in [0.3, 0.4) is 0 Å². The van der Waals surface area contributed by atoms with Gasteiger partial charge < -0.3 is 0 Å². The monoisotopic (exact) mass is 333 g/mol. The normalized spacial score (nSPS) is 11.4. The van der Waals surface area contributed by atoms with Gasteiger partial charge in [0.2, 0.25) is 0 Å². The summed E-state index contributed by atoms with van der Waals surface area (Å²) < 4.78 is 35.2. The van der Waals surface area contributed by atoms with E-state index in [0.29, 0.717) is 14.9 Å². The molecule has 1 amide bonds. The molecule has 0 aromatic heterocycles. The molecule has 0 heterocycles. The molecule has 0 bridgehead atoms. The van der Waals surface area contributed by atoms with Crippen molar-refractivity contribution < 1.29 is 22.8 Å². The van der Waals surface area contributed by atoms with Crippen LogP contribution in [0.2, 0.25) is 10.0 Å². The fraction of sp³-hybridized carbons (Fsp3) is 0.300. The van der Waals surface area contributed by atoms with Crippen molar-refractivity contribution >= 4 is 40.9 Å². The van der Waals surface area contributed by atoms with Crippen molar-refractivity contribution in [3.63, 3.8) is 0 Å². The molecule has 0 aliphatic heterocycles. The number of alkyl halides is 3. The van der Waals surface area contributed by atoms with Crippen LogP contribution in [0.25, 0.3) is 0 Å². The first-order valence-corrected chi connectivity index (χ1v) is 6.57. The van der Waals surface area contributed by atoms with Gasteiger partial charge in [-0.25, -0.2) is 5.48 Å². The molecule has 1 rings (SSSR count). The average Bonchev–Trinajstić information content (AvgIpc) is 2.28. The standard InChI is InChI=1S/C10H8Cl2F3NO2S/c11-6-1-2-7(12)8(3-6)19-4-9(17)16-18-5-10(13,14)15/h1-3H,4-5H2,(H,16,17). The Morgan fingerprint density at radius 3 is 2.68 bits per heavy atom. The Morgan fingerprint density at radius 2 is 2.05 bits per heavy atom. The van der Waals surface area contributed by atoms with Crippen LogP contribution in [-0.4, -0.2) is 24.4 Å². The van der Waals surface area contributed by atoms with E-state index in [0.717, 1.165) is 11.8 Å². The first-order chi connectivity index (χ1) is 8.78. The van der Waals surface area contributed by atoms with Crippen molar-refractivity contribution in [1.29, 1.82) is 0 Å². The molecule has 0 fully saturated rings. The van der Waals surface area contributed by atoms with Crippen molar-refractivity contribution in [1.82, 2.24) is 5.48 Å². The van der Waals surface area contributed by atoms with E-state index in [1.165, 1.54) is 0 Å². The number of rotatable bonds is 5. The van der Waals surface area contributed by atoms with E-state index in [9.17, 15) is 18.0 Å². The molecule has 0 spiro atoms. The van der Waals surface area contributed by atoms with Crippen LogP contribution >= 0.6 is 35.0 Å². The smallest absolute Gasteiger partial charge is 0.272 e. The lowest BCUT2D eigenvalue weighted by Gasteiger charge is -2.08. The summed E-state index contributed by atoms with van der Waals surface area (Å²) in [5.74, 6) is -0.844. The third-order valence-electron chi connectivity index (χ3n) is 1.67. The topological polar surface area (TPSA) is 38.3 Å². The Balaban J connectivity index is 2.36. The van der Waals surface area contributed by atoms with Gasteiger partial charge in [-0.1, -0.05) is 23.2 Å². The molecule has 106 valence electrons. The lowest BCUT2D eigenvalue weighted by molar-refractivity contribution is -0.191. The van der Waals surface area contributed by atoms with Crippen molar-refractivity contribution in [3.8, 4) is 0 Å². The molecule has 0 saturated heterocycles. The van der Waals surface area contributed by atoms with Gasteiger partial charge in [-0.2, -0.15) is 13.2 Å². The van der Waals surface area contributed by atoms with Gasteiger partial charge in [0.15, 0.2) is 6.61 Å². The molecule has 9 heteroatoms. The second-order valence-corrected chi connectivity index (χ2v) is 5.15. The van der Waals surface area contributed by atoms with Crippen LogP contribution in [0.1, 0.15) is 0 Å². The molecular weight excluding hydrogens is 326 g/mol. The van der Waals surface area contributed by atoms with Gasteiger partial charge in [-0.15, -0.1) is 11.8 Å². The molecule has 1 aromatic carbocycles. The highest BCUT2D eigenvalue weighted by Crippen LogP contribution is 2.29. The first-order valence-electron chi connectivity index (χ1n) is 4.83. The average molecular weight is 334 g/mol. The highest BCUT2D eigenvalue weighted by Gasteiger charge is 2.28. The van der Waals surface area contributed by atoms with Gasteiger partial charge in [-0.3, -0.25) is 9.63 Å². The summed E-state index contributed by atoms with van der Waals surface area (Å²) in [5, 5.41) is 0.846. The number of nitrogens with one attached hydrogen (secondary N) is 1. The lowest BCUT2D eigenvalue weighted by atomic mass is 10.4. The van der Waals surface area contributed by atoms with Crippen molar-refractivity contribution in [3.05, 3.63) is 28.2 Å². The Morgan fingerprint density at radius 1 is 1.37 bits per heavy atom. The summed E-state index contributed by atoms with van der Waals surface area (Å²) >= 11 is 12.6. The quantitative estimate of drug-likeness (QED) is 0.659. The Hall–Kier alpha value is -0.630. The molecule has 0 aliphatic rings. The number of benzene rings is 1. The number of hydrogen-bond donors (Lipinski definition) is 1. The summed E-state index contributed by atoms with van der Waals surface area (Å²) in [6, 6.07) is 4.70. The maximum atomic E-state index is 11.7. The maximum absolute atomic E-state index is 11.7. The van der Waals surface area contributed by atoms with Crippen LogP contribution in [0, 0.1) is 0 Å². The van der Waals surface area contributed by atoms with E-state index in [-0.39, 0.29) is 5.75 Å². The van der Waals surface area contributed by atoms with E-state index in [2.05, 4.69) is 4.84 Å². The summed E-state index contributed by atoms with van der Waals surface area (Å²) in [6.45, 7) is -1.54. The largest absolute Gasteiger partial charge is 0.414 e. The van der Waals surface area contributed by atoms with Crippen LogP contribution in [0.4, 0.5) is 13.2 Å². The molecule has 1 aromatic rings. The van der Waals surface area contributed by atoms with Crippen LogP contribution in [0.5, 0.6) is 0 Å². The molecule has 0 saturated carbocycles. The van der Waals surface area contributed by atoms with Gasteiger partial charge in [0.05, 0.1) is 10.8 Å². The third-order valence-corrected chi connectivity index (χ3v) is 3.41. The zero-order valence-corrected chi connectivity index (χ0v) is 11.6. The predicted octanol–water partition coefficient (Wildman–Crippen LogP) is 3.70. The summed E-state index contributed by atoms with van der Waals surface area (Å²) in [6.07, 6.45) is -4.49. The molecule has 19 heavy (non-hydrogen) atoms. The van der Waals surface area contributed by atoms with Gasteiger partial charge in [-0.05, 0) is 18.2 Å². The van der Waals surface area contributed by atoms with E-state index < -0.39 is 18.7 Å². The van der Waals surface area contributed by atoms with Crippen molar-refractivity contribution in [2.45, 2.75) is 11.1 Å². The summed E-state index contributed by atoms with van der Waals surface area (Å²) in [4.78, 5) is 15.8. The number of thioether (sulfide) groups is 1. The van der Waals surface area contributed by atoms with Crippen LogP contribution in [0.15, 0.2) is 23.1 Å². The molecule has 3 nitrogen and oxygen atoms in total. The molecule has 1 N–H and O–H groups in total. The van der Waals surface area contributed by atoms with E-state index in [4.69, 9.17) is 23.2 Å². The van der Waals surface area contributed by atoms with Gasteiger partial charge in [0.25, 0.3) is 5.91 Å². The number of carbonyl (C=O) groups excluding carboxylic acids is 1. The first kappa shape index (κ1) is 16.4. The van der Waals surface area contributed by atoms with Gasteiger partial charge >= 0.3 is 6.18 Å². The lowest BCUT2D eigenvalue weighted by Crippen LogP contribution is -2.30. The summed E-state index contributed by atoms with van der Waals surface area (Å²) in [7, 11) is 0. The molecular formula is C10H8Cl2F3NO2S. The van der Waals surface area contributed by atoms with Crippen molar-refractivity contribution in [2.24, 2.45) is 0 Å². The van der Waals surface area contributed by atoms with Gasteiger partial charge in [0.1, 0.15) is 0 Å². The molecule has 0 radical (unpaired) electrons. The van der Waals surface area contributed by atoms with E-state index >= 15 is 0 Å². The number of hydroxylamine groups is 1. The fourth-order valence-corrected chi connectivity index (χ4v) is 2.24. The minimum absolute atomic E-state index is 0.141. The molecule has 0 atom stereocenters. The second kappa shape index (κ2) is 7.23. The van der Waals surface area contributed by atoms with Crippen LogP contribution < -0.4 is 5.48 Å². The number of halogens is 5. The minimum Gasteiger partial charge on any atom is -0.272 e. The zero-order valence-electron chi connectivity index (χ0n) is 9.26. The second-order valence-electron chi connectivity index (χ2n) is 3.29. The maximum Gasteiger partial charge on any atom is 0.414 e. The highest BCUT2D eigenvalue weighted by molar-refractivity contribution is 8.00. The predicted molar refractivity (Wildman–Crippen MR) is 67.3 cm³/mol. The van der Waals surface area contributed by atoms with Gasteiger partial charge in [0, 0.05) is 9.92 Å². The van der Waals surface area contributed by atoms with Crippen molar-refractivity contribution in [2.75, 3.05) is 12.4 Å². The number of hydrogen-bond acceptors (Lipinski definition) is 3. The fourth-order valence-electron chi connectivity index (χ4n) is 0.959. The van der Waals surface area contributed by atoms with E-state index in [1.807, 2.05) is 0 Å². The number of carbonyl (C=O) groups is 1. The Kier molecular flexibility index (Phi) is 6.25. The van der Waals surface area contributed by atoms with E-state index in [1.54, 1.807) is 23.7 Å². The summed E-state index contributed by atoms with van der Waals surface area (Å²) in [5.41, 5.74) is 1.69. The zero-order chi connectivity index (χ0) is 14.5. The SMILES string of the molecule is O=C(CSc1cc(Cl)ccc1Cl)NOCC(F)(F)F. The minimum atomic E-state index is -4.49. The Labute approximate surface area is 121 Å². The Bertz CT molecular complexity index is 457. The molecule has 0 unspecified atom stereocenters. The number of amides is 1. The third kappa shape index (κ3) is 6.91. The van der Waals surface area contributed by atoms with Crippen LogP contribution in [-0.2, 0) is 9.63 Å². The highest BCUT2D eigenvalue weighted by atomic mass is 35.5.